The van der Waals surface area contributed by atoms with Crippen molar-refractivity contribution in [2.24, 2.45) is 0 Å². The van der Waals surface area contributed by atoms with E-state index in [4.69, 9.17) is 5.11 Å². The van der Waals surface area contributed by atoms with Crippen LogP contribution in [-0.2, 0) is 11.3 Å². The summed E-state index contributed by atoms with van der Waals surface area (Å²) >= 11 is 0. The second kappa shape index (κ2) is 4.04. The summed E-state index contributed by atoms with van der Waals surface area (Å²) in [5.41, 5.74) is 1.03. The fourth-order valence-corrected chi connectivity index (χ4v) is 1.82. The van der Waals surface area contributed by atoms with Crippen LogP contribution < -0.4 is 4.90 Å². The number of carbonyl (C=O) groups excluding carboxylic acids is 1. The van der Waals surface area contributed by atoms with Crippen molar-refractivity contribution in [1.82, 2.24) is 4.90 Å². The molecule has 0 bridgehead atoms. The molecular weight excluding hydrogens is 227 g/mol. The predicted molar refractivity (Wildman–Crippen MR) is 58.3 cm³/mol. The number of amides is 2. The molecule has 1 heterocycles. The lowest BCUT2D eigenvalue weighted by Gasteiger charge is -2.35. The van der Waals surface area contributed by atoms with E-state index in [9.17, 15) is 14.0 Å². The number of carboxylic acids is 1. The van der Waals surface area contributed by atoms with Crippen LogP contribution in [-0.4, -0.2) is 35.4 Å². The van der Waals surface area contributed by atoms with Gasteiger partial charge in [-0.15, -0.1) is 0 Å². The standard InChI is InChI=1S/C11H11FN2O3/c1-13-6-7-4-2-3-5-8(7)14(11(13)17)9(12)10(15)16/h2-5,9H,6H2,1H3,(H,15,16). The molecule has 0 saturated carbocycles. The number of rotatable bonds is 2. The Kier molecular flexibility index (Phi) is 2.71. The molecule has 2 rings (SSSR count). The van der Waals surface area contributed by atoms with Gasteiger partial charge in [-0.1, -0.05) is 18.2 Å². The summed E-state index contributed by atoms with van der Waals surface area (Å²) in [5.74, 6) is -1.68. The number of anilines is 1. The SMILES string of the molecule is CN1Cc2ccccc2N(C(F)C(=O)O)C1=O. The summed E-state index contributed by atoms with van der Waals surface area (Å²) in [6.45, 7) is 0.345. The van der Waals surface area contributed by atoms with Gasteiger partial charge in [-0.3, -0.25) is 4.90 Å². The Labute approximate surface area is 97.1 Å². The van der Waals surface area contributed by atoms with E-state index in [1.54, 1.807) is 18.2 Å². The van der Waals surface area contributed by atoms with E-state index in [-0.39, 0.29) is 0 Å². The van der Waals surface area contributed by atoms with E-state index in [0.717, 1.165) is 5.56 Å². The van der Waals surface area contributed by atoms with E-state index in [1.165, 1.54) is 18.0 Å². The van der Waals surface area contributed by atoms with E-state index in [2.05, 4.69) is 0 Å². The zero-order valence-corrected chi connectivity index (χ0v) is 9.13. The average Bonchev–Trinajstić information content (AvgIpc) is 2.30. The van der Waals surface area contributed by atoms with Crippen LogP contribution in [0.15, 0.2) is 24.3 Å². The number of para-hydroxylation sites is 1. The Bertz CT molecular complexity index is 478. The second-order valence-electron chi connectivity index (χ2n) is 3.81. The van der Waals surface area contributed by atoms with E-state index in [0.29, 0.717) is 17.1 Å². The van der Waals surface area contributed by atoms with Crippen molar-refractivity contribution < 1.29 is 19.1 Å². The minimum absolute atomic E-state index is 0.311. The molecule has 0 fully saturated rings. The first-order valence-electron chi connectivity index (χ1n) is 5.01. The highest BCUT2D eigenvalue weighted by Crippen LogP contribution is 2.29. The summed E-state index contributed by atoms with van der Waals surface area (Å²) in [6.07, 6.45) is -2.37. The minimum Gasteiger partial charge on any atom is -0.478 e. The number of fused-ring (bicyclic) bond motifs is 1. The van der Waals surface area contributed by atoms with Crippen molar-refractivity contribution in [2.45, 2.75) is 12.8 Å². The van der Waals surface area contributed by atoms with Gasteiger partial charge in [0.1, 0.15) is 0 Å². The summed E-state index contributed by atoms with van der Waals surface area (Å²) in [6, 6.07) is 6.02. The van der Waals surface area contributed by atoms with Crippen molar-refractivity contribution in [3.63, 3.8) is 0 Å². The van der Waals surface area contributed by atoms with Crippen molar-refractivity contribution >= 4 is 17.7 Å². The first kappa shape index (κ1) is 11.4. The first-order chi connectivity index (χ1) is 8.02. The Morgan fingerprint density at radius 2 is 2.12 bits per heavy atom. The molecule has 0 spiro atoms. The molecule has 1 aromatic carbocycles. The number of hydrogen-bond acceptors (Lipinski definition) is 2. The largest absolute Gasteiger partial charge is 0.478 e. The number of benzene rings is 1. The van der Waals surface area contributed by atoms with Crippen molar-refractivity contribution in [3.8, 4) is 0 Å². The molecule has 1 aromatic rings. The fraction of sp³-hybridized carbons (Fsp3) is 0.273. The number of urea groups is 1. The molecule has 1 atom stereocenters. The molecule has 1 aliphatic rings. The van der Waals surface area contributed by atoms with Gasteiger partial charge in [-0.25, -0.2) is 14.0 Å². The average molecular weight is 238 g/mol. The summed E-state index contributed by atoms with van der Waals surface area (Å²) in [4.78, 5) is 24.4. The normalized spacial score (nSPS) is 16.7. The predicted octanol–water partition coefficient (Wildman–Crippen LogP) is 1.44. The maximum Gasteiger partial charge on any atom is 0.360 e. The minimum atomic E-state index is -2.37. The van der Waals surface area contributed by atoms with Crippen LogP contribution in [0.2, 0.25) is 0 Å². The number of nitrogens with zero attached hydrogens (tertiary/aromatic N) is 2. The van der Waals surface area contributed by atoms with Crippen molar-refractivity contribution in [3.05, 3.63) is 29.8 Å². The molecule has 1 unspecified atom stereocenters. The number of halogens is 1. The lowest BCUT2D eigenvalue weighted by Crippen LogP contribution is -2.51. The van der Waals surface area contributed by atoms with Crippen molar-refractivity contribution in [1.29, 1.82) is 0 Å². The number of carboxylic acid groups (broad SMARTS) is 1. The molecule has 0 radical (unpaired) electrons. The molecule has 1 aliphatic heterocycles. The topological polar surface area (TPSA) is 60.9 Å². The molecule has 6 heteroatoms. The molecule has 5 nitrogen and oxygen atoms in total. The van der Waals surface area contributed by atoms with Crippen LogP contribution in [0.3, 0.4) is 0 Å². The van der Waals surface area contributed by atoms with Crippen LogP contribution in [0.4, 0.5) is 14.9 Å². The van der Waals surface area contributed by atoms with Gasteiger partial charge in [0.2, 0.25) is 0 Å². The van der Waals surface area contributed by atoms with Crippen LogP contribution >= 0.6 is 0 Å². The summed E-state index contributed by atoms with van der Waals surface area (Å²) in [7, 11) is 1.50. The van der Waals surface area contributed by atoms with Gasteiger partial charge in [0, 0.05) is 13.6 Å². The molecule has 0 aromatic heterocycles. The Morgan fingerprint density at radius 1 is 1.47 bits per heavy atom. The zero-order valence-electron chi connectivity index (χ0n) is 9.13. The van der Waals surface area contributed by atoms with Crippen LogP contribution in [0.5, 0.6) is 0 Å². The smallest absolute Gasteiger partial charge is 0.360 e. The van der Waals surface area contributed by atoms with Gasteiger partial charge >= 0.3 is 12.0 Å². The van der Waals surface area contributed by atoms with Crippen molar-refractivity contribution in [2.75, 3.05) is 11.9 Å². The zero-order chi connectivity index (χ0) is 12.6. The molecule has 0 aliphatic carbocycles. The van der Waals surface area contributed by atoms with Crippen LogP contribution in [0.25, 0.3) is 0 Å². The molecule has 17 heavy (non-hydrogen) atoms. The third kappa shape index (κ3) is 1.82. The maximum atomic E-state index is 13.6. The van der Waals surface area contributed by atoms with Gasteiger partial charge in [0.25, 0.3) is 6.30 Å². The van der Waals surface area contributed by atoms with E-state index >= 15 is 0 Å². The highest BCUT2D eigenvalue weighted by molar-refractivity contribution is 5.99. The third-order valence-corrected chi connectivity index (χ3v) is 2.62. The molecular formula is C11H11FN2O3. The number of hydrogen-bond donors (Lipinski definition) is 1. The highest BCUT2D eigenvalue weighted by atomic mass is 19.1. The fourth-order valence-electron chi connectivity index (χ4n) is 1.82. The third-order valence-electron chi connectivity index (χ3n) is 2.62. The molecule has 90 valence electrons. The van der Waals surface area contributed by atoms with Gasteiger partial charge in [0.05, 0.1) is 5.69 Å². The van der Waals surface area contributed by atoms with Gasteiger partial charge in [-0.05, 0) is 11.6 Å². The second-order valence-corrected chi connectivity index (χ2v) is 3.81. The van der Waals surface area contributed by atoms with E-state index < -0.39 is 18.3 Å². The highest BCUT2D eigenvalue weighted by Gasteiger charge is 2.37. The lowest BCUT2D eigenvalue weighted by atomic mass is 10.1. The van der Waals surface area contributed by atoms with Crippen LogP contribution in [0.1, 0.15) is 5.56 Å². The quantitative estimate of drug-likeness (QED) is 0.793. The Balaban J connectivity index is 2.49. The number of alkyl halides is 1. The van der Waals surface area contributed by atoms with E-state index in [1.807, 2.05) is 0 Å². The van der Waals surface area contributed by atoms with Crippen LogP contribution in [0, 0.1) is 0 Å². The lowest BCUT2D eigenvalue weighted by molar-refractivity contribution is -0.142. The summed E-state index contributed by atoms with van der Waals surface area (Å²) in [5, 5.41) is 8.68. The Hall–Kier alpha value is -2.11. The monoisotopic (exact) mass is 238 g/mol. The first-order valence-corrected chi connectivity index (χ1v) is 5.01. The molecule has 2 amide bonds. The Morgan fingerprint density at radius 3 is 2.76 bits per heavy atom. The van der Waals surface area contributed by atoms with Gasteiger partial charge in [-0.2, -0.15) is 0 Å². The number of aliphatic carboxylic acids is 1. The molecule has 1 N–H and O–H groups in total. The maximum absolute atomic E-state index is 13.6. The van der Waals surface area contributed by atoms with Gasteiger partial charge in [0.15, 0.2) is 0 Å². The number of carbonyl (C=O) groups is 2. The summed E-state index contributed by atoms with van der Waals surface area (Å²) < 4.78 is 13.6. The molecule has 0 saturated heterocycles. The van der Waals surface area contributed by atoms with Gasteiger partial charge < -0.3 is 10.0 Å².